The van der Waals surface area contributed by atoms with E-state index in [0.717, 1.165) is 11.1 Å². The van der Waals surface area contributed by atoms with Gasteiger partial charge >= 0.3 is 0 Å². The summed E-state index contributed by atoms with van der Waals surface area (Å²) in [6, 6.07) is 18.8. The minimum atomic E-state index is -1.90. The molecule has 3 rings (SSSR count). The Morgan fingerprint density at radius 3 is 2.09 bits per heavy atom. The summed E-state index contributed by atoms with van der Waals surface area (Å²) in [5, 5.41) is 15.9. The van der Waals surface area contributed by atoms with E-state index in [0.29, 0.717) is 0 Å². The van der Waals surface area contributed by atoms with Crippen LogP contribution >= 0.6 is 0 Å². The van der Waals surface area contributed by atoms with Crippen molar-refractivity contribution in [1.82, 2.24) is 10.6 Å². The average Bonchev–Trinajstić information content (AvgIpc) is 2.61. The van der Waals surface area contributed by atoms with E-state index >= 15 is 0 Å². The van der Waals surface area contributed by atoms with Crippen LogP contribution in [0.3, 0.4) is 0 Å². The van der Waals surface area contributed by atoms with Crippen LogP contribution in [0.5, 0.6) is 0 Å². The molecule has 2 aromatic rings. The molecule has 0 radical (unpaired) electrons. The van der Waals surface area contributed by atoms with Gasteiger partial charge in [0.15, 0.2) is 0 Å². The van der Waals surface area contributed by atoms with E-state index in [1.165, 1.54) is 18.6 Å². The maximum absolute atomic E-state index is 12.5. The topological polar surface area (TPSA) is 73.7 Å². The third-order valence-electron chi connectivity index (χ3n) is 3.62. The van der Waals surface area contributed by atoms with Crippen molar-refractivity contribution >= 4 is 12.2 Å². The molecule has 5 heteroatoms. The molecular weight excluding hydrogens is 290 g/mol. The van der Waals surface area contributed by atoms with Crippen LogP contribution in [0, 0.1) is 0 Å². The van der Waals surface area contributed by atoms with E-state index < -0.39 is 11.6 Å². The molecule has 1 atom stereocenters. The maximum Gasteiger partial charge on any atom is 0.280 e. The van der Waals surface area contributed by atoms with Gasteiger partial charge in [0.2, 0.25) is 0 Å². The lowest BCUT2D eigenvalue weighted by Crippen LogP contribution is -2.47. The smallest absolute Gasteiger partial charge is 0.280 e. The van der Waals surface area contributed by atoms with Crippen molar-refractivity contribution in [2.45, 2.75) is 11.8 Å². The number of carbonyl (C=O) groups is 1. The number of aliphatic hydroxyl groups is 1. The maximum atomic E-state index is 12.5. The molecule has 0 bridgehead atoms. The minimum absolute atomic E-state index is 0.368. The number of amides is 1. The largest absolute Gasteiger partial charge is 0.359 e. The Bertz CT molecular complexity index is 675. The molecule has 1 aliphatic rings. The summed E-state index contributed by atoms with van der Waals surface area (Å²) in [5.41, 5.74) is -0.0392. The number of nitrogens with zero attached hydrogens (tertiary/aromatic N) is 1. The molecule has 0 fully saturated rings. The van der Waals surface area contributed by atoms with Gasteiger partial charge in [-0.15, -0.1) is 0 Å². The van der Waals surface area contributed by atoms with E-state index in [9.17, 15) is 9.90 Å². The highest BCUT2D eigenvalue weighted by Gasteiger charge is 2.35. The lowest BCUT2D eigenvalue weighted by molar-refractivity contribution is -0.135. The molecule has 116 valence electrons. The molecule has 0 spiro atoms. The van der Waals surface area contributed by atoms with Gasteiger partial charge in [-0.25, -0.2) is 4.99 Å². The van der Waals surface area contributed by atoms with Gasteiger partial charge in [0, 0.05) is 6.20 Å². The Balaban J connectivity index is 1.91. The molecule has 1 aliphatic heterocycles. The second kappa shape index (κ2) is 6.46. The highest BCUT2D eigenvalue weighted by molar-refractivity contribution is 5.89. The number of benzene rings is 2. The number of nitrogens with one attached hydrogen (secondary N) is 2. The Kier molecular flexibility index (Phi) is 4.21. The molecule has 0 saturated carbocycles. The van der Waals surface area contributed by atoms with Crippen LogP contribution < -0.4 is 10.6 Å². The molecule has 2 aromatic carbocycles. The van der Waals surface area contributed by atoms with E-state index in [2.05, 4.69) is 15.6 Å². The lowest BCUT2D eigenvalue weighted by Gasteiger charge is -2.26. The van der Waals surface area contributed by atoms with Gasteiger partial charge in [-0.05, 0) is 17.2 Å². The van der Waals surface area contributed by atoms with Crippen LogP contribution in [0.2, 0.25) is 0 Å². The van der Waals surface area contributed by atoms with Crippen LogP contribution in [0.15, 0.2) is 77.9 Å². The quantitative estimate of drug-likeness (QED) is 0.805. The fourth-order valence-corrected chi connectivity index (χ4v) is 2.41. The number of hydrogen-bond donors (Lipinski definition) is 3. The molecular formula is C18H17N3O2. The standard InChI is InChI=1S/C18H17N3O2/c22-17(18(23)11-12-19-13-20-18)21-16(14-7-3-1-4-8-14)15-9-5-2-6-10-15/h1-13,16,23H,(H,19,20)(H,21,22). The van der Waals surface area contributed by atoms with Gasteiger partial charge < -0.3 is 15.7 Å². The predicted octanol–water partition coefficient (Wildman–Crippen LogP) is 1.73. The summed E-state index contributed by atoms with van der Waals surface area (Å²) in [5.74, 6) is -0.579. The summed E-state index contributed by atoms with van der Waals surface area (Å²) in [4.78, 5) is 16.3. The van der Waals surface area contributed by atoms with Crippen LogP contribution in [-0.2, 0) is 4.79 Å². The van der Waals surface area contributed by atoms with Gasteiger partial charge in [0.05, 0.1) is 12.4 Å². The second-order valence-corrected chi connectivity index (χ2v) is 5.21. The van der Waals surface area contributed by atoms with Gasteiger partial charge in [-0.3, -0.25) is 4.79 Å². The summed E-state index contributed by atoms with van der Waals surface area (Å²) in [6.45, 7) is 0. The summed E-state index contributed by atoms with van der Waals surface area (Å²) in [7, 11) is 0. The molecule has 0 aliphatic carbocycles. The fourth-order valence-electron chi connectivity index (χ4n) is 2.41. The minimum Gasteiger partial charge on any atom is -0.359 e. The Morgan fingerprint density at radius 1 is 1.04 bits per heavy atom. The second-order valence-electron chi connectivity index (χ2n) is 5.21. The summed E-state index contributed by atoms with van der Waals surface area (Å²) >= 11 is 0. The Hall–Kier alpha value is -2.92. The van der Waals surface area contributed by atoms with Crippen LogP contribution in [0.1, 0.15) is 17.2 Å². The van der Waals surface area contributed by atoms with Crippen LogP contribution in [0.4, 0.5) is 0 Å². The van der Waals surface area contributed by atoms with E-state index in [1.54, 1.807) is 0 Å². The first-order valence-corrected chi connectivity index (χ1v) is 7.30. The average molecular weight is 307 g/mol. The third-order valence-corrected chi connectivity index (χ3v) is 3.62. The predicted molar refractivity (Wildman–Crippen MR) is 88.6 cm³/mol. The third kappa shape index (κ3) is 3.30. The molecule has 23 heavy (non-hydrogen) atoms. The van der Waals surface area contributed by atoms with Gasteiger partial charge in [0.1, 0.15) is 0 Å². The summed E-state index contributed by atoms with van der Waals surface area (Å²) < 4.78 is 0. The molecule has 1 unspecified atom stereocenters. The van der Waals surface area contributed by atoms with Crippen molar-refractivity contribution < 1.29 is 9.90 Å². The normalized spacial score (nSPS) is 19.4. The first-order valence-electron chi connectivity index (χ1n) is 7.30. The Morgan fingerprint density at radius 2 is 1.61 bits per heavy atom. The number of hydrogen-bond acceptors (Lipinski definition) is 4. The van der Waals surface area contributed by atoms with Crippen LogP contribution in [-0.4, -0.2) is 23.1 Å². The van der Waals surface area contributed by atoms with Crippen molar-refractivity contribution in [2.75, 3.05) is 0 Å². The number of carbonyl (C=O) groups excluding carboxylic acids is 1. The zero-order valence-corrected chi connectivity index (χ0v) is 12.4. The summed E-state index contributed by atoms with van der Waals surface area (Å²) in [6.07, 6.45) is 4.08. The van der Waals surface area contributed by atoms with E-state index in [4.69, 9.17) is 0 Å². The van der Waals surface area contributed by atoms with Crippen LogP contribution in [0.25, 0.3) is 0 Å². The van der Waals surface area contributed by atoms with Gasteiger partial charge in [-0.1, -0.05) is 60.7 Å². The molecule has 5 nitrogen and oxygen atoms in total. The molecule has 0 aromatic heterocycles. The zero-order valence-electron chi connectivity index (χ0n) is 12.4. The van der Waals surface area contributed by atoms with Crippen molar-refractivity contribution in [3.63, 3.8) is 0 Å². The van der Waals surface area contributed by atoms with E-state index in [1.807, 2.05) is 60.7 Å². The number of aliphatic imine (C=N–C) groups is 1. The Labute approximate surface area is 134 Å². The number of rotatable bonds is 4. The molecule has 1 heterocycles. The molecule has 1 amide bonds. The highest BCUT2D eigenvalue weighted by atomic mass is 16.3. The van der Waals surface area contributed by atoms with Crippen molar-refractivity contribution in [2.24, 2.45) is 4.99 Å². The molecule has 3 N–H and O–H groups in total. The van der Waals surface area contributed by atoms with Crippen molar-refractivity contribution in [3.05, 3.63) is 84.1 Å². The SMILES string of the molecule is O=C(NC(c1ccccc1)c1ccccc1)C1(O)C=CNC=N1. The van der Waals surface area contributed by atoms with Gasteiger partial charge in [0.25, 0.3) is 11.6 Å². The van der Waals surface area contributed by atoms with Gasteiger partial charge in [-0.2, -0.15) is 0 Å². The fraction of sp³-hybridized carbons (Fsp3) is 0.111. The van der Waals surface area contributed by atoms with Crippen molar-refractivity contribution in [1.29, 1.82) is 0 Å². The zero-order chi connectivity index (χ0) is 16.1. The van der Waals surface area contributed by atoms with E-state index in [-0.39, 0.29) is 6.04 Å². The lowest BCUT2D eigenvalue weighted by atomic mass is 9.98. The highest BCUT2D eigenvalue weighted by Crippen LogP contribution is 2.23. The first kappa shape index (κ1) is 15.0. The monoisotopic (exact) mass is 307 g/mol. The molecule has 0 saturated heterocycles. The van der Waals surface area contributed by atoms with Crippen molar-refractivity contribution in [3.8, 4) is 0 Å². The first-order chi connectivity index (χ1) is 11.2.